The van der Waals surface area contributed by atoms with Crippen molar-refractivity contribution in [3.63, 3.8) is 0 Å². The van der Waals surface area contributed by atoms with Crippen molar-refractivity contribution in [1.29, 1.82) is 0 Å². The van der Waals surface area contributed by atoms with E-state index in [2.05, 4.69) is 10.3 Å². The van der Waals surface area contributed by atoms with Gasteiger partial charge >= 0.3 is 0 Å². The first-order valence-corrected chi connectivity index (χ1v) is 6.85. The second-order valence-corrected chi connectivity index (χ2v) is 4.94. The van der Waals surface area contributed by atoms with Gasteiger partial charge in [-0.3, -0.25) is 14.0 Å². The maximum absolute atomic E-state index is 12.9. The van der Waals surface area contributed by atoms with E-state index in [1.165, 1.54) is 28.9 Å². The standard InChI is InChI=1S/C16H13FN4O2/c17-11-5-3-10(4-6-11)8-20-15(22)12-2-1-7-21-14(12)19-9-13(18)16(21)23/h1-7,9H,8,18H2,(H,20,22). The molecule has 0 fully saturated rings. The Morgan fingerprint density at radius 1 is 1.26 bits per heavy atom. The van der Waals surface area contributed by atoms with Crippen LogP contribution in [0.1, 0.15) is 15.9 Å². The number of fused-ring (bicyclic) bond motifs is 1. The Kier molecular flexibility index (Phi) is 3.76. The number of nitrogen functional groups attached to an aromatic ring is 1. The smallest absolute Gasteiger partial charge is 0.281 e. The number of rotatable bonds is 3. The van der Waals surface area contributed by atoms with Gasteiger partial charge in [-0.25, -0.2) is 9.37 Å². The van der Waals surface area contributed by atoms with Crippen molar-refractivity contribution < 1.29 is 9.18 Å². The molecule has 1 amide bonds. The minimum atomic E-state index is -0.428. The van der Waals surface area contributed by atoms with Crippen molar-refractivity contribution in [2.45, 2.75) is 6.54 Å². The normalized spacial score (nSPS) is 10.7. The Morgan fingerprint density at radius 2 is 2.00 bits per heavy atom. The Hall–Kier alpha value is -3.22. The van der Waals surface area contributed by atoms with Gasteiger partial charge in [-0.15, -0.1) is 0 Å². The zero-order valence-electron chi connectivity index (χ0n) is 12.0. The SMILES string of the molecule is Nc1cnc2c(C(=O)NCc3ccc(F)cc3)cccn2c1=O. The van der Waals surface area contributed by atoms with E-state index < -0.39 is 5.56 Å². The summed E-state index contributed by atoms with van der Waals surface area (Å²) in [5.74, 6) is -0.723. The molecule has 0 radical (unpaired) electrons. The number of pyridine rings is 1. The zero-order chi connectivity index (χ0) is 16.4. The predicted molar refractivity (Wildman–Crippen MR) is 83.4 cm³/mol. The van der Waals surface area contributed by atoms with Crippen LogP contribution in [0.5, 0.6) is 0 Å². The van der Waals surface area contributed by atoms with E-state index in [9.17, 15) is 14.0 Å². The molecule has 0 unspecified atom stereocenters. The molecule has 2 aromatic heterocycles. The molecule has 0 atom stereocenters. The molecule has 1 aromatic carbocycles. The first kappa shape index (κ1) is 14.7. The lowest BCUT2D eigenvalue weighted by atomic mass is 10.2. The minimum absolute atomic E-state index is 0.00590. The summed E-state index contributed by atoms with van der Waals surface area (Å²) in [6.45, 7) is 0.235. The summed E-state index contributed by atoms with van der Waals surface area (Å²) in [6, 6.07) is 8.96. The third-order valence-electron chi connectivity index (χ3n) is 3.37. The highest BCUT2D eigenvalue weighted by atomic mass is 19.1. The summed E-state index contributed by atoms with van der Waals surface area (Å²) in [4.78, 5) is 28.3. The number of carbonyl (C=O) groups is 1. The number of nitrogens with one attached hydrogen (secondary N) is 1. The highest BCUT2D eigenvalue weighted by Crippen LogP contribution is 2.08. The molecule has 3 N–H and O–H groups in total. The van der Waals surface area contributed by atoms with Gasteiger partial charge in [0.05, 0.1) is 11.8 Å². The quantitative estimate of drug-likeness (QED) is 0.764. The summed E-state index contributed by atoms with van der Waals surface area (Å²) in [5.41, 5.74) is 6.35. The van der Waals surface area contributed by atoms with E-state index >= 15 is 0 Å². The first-order valence-electron chi connectivity index (χ1n) is 6.85. The van der Waals surface area contributed by atoms with E-state index in [1.54, 1.807) is 24.3 Å². The van der Waals surface area contributed by atoms with Gasteiger partial charge in [0, 0.05) is 12.7 Å². The van der Waals surface area contributed by atoms with Crippen LogP contribution in [0.4, 0.5) is 10.1 Å². The summed E-state index contributed by atoms with van der Waals surface area (Å²) in [7, 11) is 0. The van der Waals surface area contributed by atoms with E-state index in [0.717, 1.165) is 5.56 Å². The summed E-state index contributed by atoms with van der Waals surface area (Å²) < 4.78 is 14.1. The second-order valence-electron chi connectivity index (χ2n) is 4.94. The van der Waals surface area contributed by atoms with Crippen LogP contribution in [-0.2, 0) is 6.54 Å². The van der Waals surface area contributed by atoms with Gasteiger partial charge < -0.3 is 11.1 Å². The molecule has 0 aliphatic heterocycles. The fourth-order valence-electron chi connectivity index (χ4n) is 2.18. The minimum Gasteiger partial charge on any atom is -0.393 e. The van der Waals surface area contributed by atoms with Gasteiger partial charge in [0.1, 0.15) is 11.5 Å². The lowest BCUT2D eigenvalue weighted by molar-refractivity contribution is 0.0952. The van der Waals surface area contributed by atoms with Crippen molar-refractivity contribution in [3.8, 4) is 0 Å². The van der Waals surface area contributed by atoms with Crippen LogP contribution in [0.15, 0.2) is 53.6 Å². The topological polar surface area (TPSA) is 89.5 Å². The number of benzene rings is 1. The molecule has 0 saturated heterocycles. The van der Waals surface area contributed by atoms with Crippen LogP contribution < -0.4 is 16.6 Å². The summed E-state index contributed by atoms with van der Waals surface area (Å²) in [5, 5.41) is 2.71. The molecule has 0 saturated carbocycles. The maximum Gasteiger partial charge on any atom is 0.281 e. The highest BCUT2D eigenvalue weighted by Gasteiger charge is 2.12. The van der Waals surface area contributed by atoms with Crippen LogP contribution >= 0.6 is 0 Å². The molecule has 0 aliphatic rings. The fourth-order valence-corrected chi connectivity index (χ4v) is 2.18. The number of nitrogens with two attached hydrogens (primary N) is 1. The van der Waals surface area contributed by atoms with E-state index in [0.29, 0.717) is 0 Å². The van der Waals surface area contributed by atoms with Gasteiger partial charge in [-0.05, 0) is 29.8 Å². The monoisotopic (exact) mass is 312 g/mol. The van der Waals surface area contributed by atoms with Crippen molar-refractivity contribution in [2.24, 2.45) is 0 Å². The largest absolute Gasteiger partial charge is 0.393 e. The van der Waals surface area contributed by atoms with Crippen LogP contribution in [0.2, 0.25) is 0 Å². The maximum atomic E-state index is 12.9. The molecule has 0 spiro atoms. The Bertz CT molecular complexity index is 935. The highest BCUT2D eigenvalue weighted by molar-refractivity contribution is 5.99. The molecule has 0 aliphatic carbocycles. The van der Waals surface area contributed by atoms with E-state index in [-0.39, 0.29) is 35.2 Å². The number of aromatic nitrogens is 2. The van der Waals surface area contributed by atoms with Crippen molar-refractivity contribution in [1.82, 2.24) is 14.7 Å². The van der Waals surface area contributed by atoms with Gasteiger partial charge in [0.15, 0.2) is 5.65 Å². The molecule has 0 bridgehead atoms. The summed E-state index contributed by atoms with van der Waals surface area (Å²) in [6.07, 6.45) is 2.73. The zero-order valence-corrected chi connectivity index (χ0v) is 12.0. The van der Waals surface area contributed by atoms with E-state index in [4.69, 9.17) is 5.73 Å². The molecule has 6 nitrogen and oxygen atoms in total. The number of halogens is 1. The van der Waals surface area contributed by atoms with Crippen molar-refractivity contribution in [3.05, 3.63) is 76.1 Å². The summed E-state index contributed by atoms with van der Waals surface area (Å²) >= 11 is 0. The van der Waals surface area contributed by atoms with Crippen LogP contribution in [0.3, 0.4) is 0 Å². The first-order chi connectivity index (χ1) is 11.1. The average Bonchev–Trinajstić information content (AvgIpc) is 2.57. The Morgan fingerprint density at radius 3 is 2.74 bits per heavy atom. The third-order valence-corrected chi connectivity index (χ3v) is 3.37. The number of hydrogen-bond acceptors (Lipinski definition) is 4. The molecular weight excluding hydrogens is 299 g/mol. The van der Waals surface area contributed by atoms with Crippen LogP contribution in [0.25, 0.3) is 5.65 Å². The second kappa shape index (κ2) is 5.88. The lowest BCUT2D eigenvalue weighted by Gasteiger charge is -2.08. The molecule has 7 heteroatoms. The van der Waals surface area contributed by atoms with E-state index in [1.807, 2.05) is 0 Å². The Labute approximate surface area is 130 Å². The number of amides is 1. The lowest BCUT2D eigenvalue weighted by Crippen LogP contribution is -2.26. The molecule has 3 aromatic rings. The number of carbonyl (C=O) groups excluding carboxylic acids is 1. The molecular formula is C16H13FN4O2. The van der Waals surface area contributed by atoms with Crippen LogP contribution in [-0.4, -0.2) is 15.3 Å². The number of nitrogens with zero attached hydrogens (tertiary/aromatic N) is 2. The number of anilines is 1. The van der Waals surface area contributed by atoms with Gasteiger partial charge in [-0.2, -0.15) is 0 Å². The molecule has 116 valence electrons. The van der Waals surface area contributed by atoms with Crippen molar-refractivity contribution >= 4 is 17.2 Å². The van der Waals surface area contributed by atoms with Gasteiger partial charge in [-0.1, -0.05) is 12.1 Å². The molecule has 3 rings (SSSR count). The van der Waals surface area contributed by atoms with Gasteiger partial charge in [0.2, 0.25) is 0 Å². The van der Waals surface area contributed by atoms with Gasteiger partial charge in [0.25, 0.3) is 11.5 Å². The predicted octanol–water partition coefficient (Wildman–Crippen LogP) is 1.35. The molecule has 2 heterocycles. The van der Waals surface area contributed by atoms with Crippen molar-refractivity contribution in [2.75, 3.05) is 5.73 Å². The fraction of sp³-hybridized carbons (Fsp3) is 0.0625. The third kappa shape index (κ3) is 2.89. The van der Waals surface area contributed by atoms with Crippen LogP contribution in [0, 0.1) is 5.82 Å². The molecule has 23 heavy (non-hydrogen) atoms. The number of hydrogen-bond donors (Lipinski definition) is 2. The Balaban J connectivity index is 1.88. The average molecular weight is 312 g/mol.